The first-order chi connectivity index (χ1) is 12.4. The maximum absolute atomic E-state index is 12.6. The summed E-state index contributed by atoms with van der Waals surface area (Å²) < 4.78 is 30.9. The number of ether oxygens (including phenoxy) is 1. The Balaban J connectivity index is 1.71. The van der Waals surface area contributed by atoms with Crippen molar-refractivity contribution in [2.45, 2.75) is 16.8 Å². The Morgan fingerprint density at radius 1 is 1.12 bits per heavy atom. The number of carbonyl (C=O) groups excluding carboxylic acids is 1. The summed E-state index contributed by atoms with van der Waals surface area (Å²) in [4.78, 5) is 23.7. The molecule has 0 radical (unpaired) electrons. The maximum atomic E-state index is 12.6. The maximum Gasteiger partial charge on any atom is 0.407 e. The zero-order valence-electron chi connectivity index (χ0n) is 13.7. The van der Waals surface area contributed by atoms with Crippen LogP contribution in [0.2, 0.25) is 0 Å². The minimum Gasteiger partial charge on any atom is -0.489 e. The molecule has 1 aliphatic rings. The minimum atomic E-state index is -3.95. The lowest BCUT2D eigenvalue weighted by Crippen LogP contribution is -2.31. The van der Waals surface area contributed by atoms with Crippen molar-refractivity contribution < 1.29 is 27.9 Å². The lowest BCUT2D eigenvalue weighted by Gasteiger charge is -2.12. The third-order valence-corrected chi connectivity index (χ3v) is 6.23. The van der Waals surface area contributed by atoms with Crippen LogP contribution in [0.4, 0.5) is 4.79 Å². The monoisotopic (exact) mass is 375 g/mol. The number of ketones is 1. The molecule has 1 saturated heterocycles. The highest BCUT2D eigenvalue weighted by Crippen LogP contribution is 2.24. The van der Waals surface area contributed by atoms with E-state index >= 15 is 0 Å². The Morgan fingerprint density at radius 2 is 1.77 bits per heavy atom. The minimum absolute atomic E-state index is 0.0323. The van der Waals surface area contributed by atoms with Crippen molar-refractivity contribution in [3.8, 4) is 5.75 Å². The van der Waals surface area contributed by atoms with Gasteiger partial charge in [-0.15, -0.1) is 0 Å². The van der Waals surface area contributed by atoms with Gasteiger partial charge in [0, 0.05) is 6.54 Å². The molecular formula is C18H17NO6S. The van der Waals surface area contributed by atoms with E-state index in [0.29, 0.717) is 12.4 Å². The molecule has 1 N–H and O–H groups in total. The highest BCUT2D eigenvalue weighted by molar-refractivity contribution is 7.92. The molecule has 8 heteroatoms. The number of sulfone groups is 1. The SMILES string of the molecule is O=C1CN(C(=O)O)CC1S(=O)(=O)c1ccc(OCc2ccccc2)cc1. The van der Waals surface area contributed by atoms with Crippen molar-refractivity contribution in [1.29, 1.82) is 0 Å². The normalized spacial score (nSPS) is 17.3. The predicted octanol–water partition coefficient (Wildman–Crippen LogP) is 1.97. The molecule has 1 amide bonds. The summed E-state index contributed by atoms with van der Waals surface area (Å²) in [6, 6.07) is 15.3. The second-order valence-electron chi connectivity index (χ2n) is 5.91. The van der Waals surface area contributed by atoms with Gasteiger partial charge in [0.1, 0.15) is 17.6 Å². The molecule has 26 heavy (non-hydrogen) atoms. The summed E-state index contributed by atoms with van der Waals surface area (Å²) in [5.74, 6) is -0.116. The van der Waals surface area contributed by atoms with Gasteiger partial charge in [-0.3, -0.25) is 9.69 Å². The van der Waals surface area contributed by atoms with Gasteiger partial charge in [-0.2, -0.15) is 0 Å². The van der Waals surface area contributed by atoms with Gasteiger partial charge in [0.25, 0.3) is 0 Å². The topological polar surface area (TPSA) is 101 Å². The van der Waals surface area contributed by atoms with Crippen molar-refractivity contribution >= 4 is 21.7 Å². The van der Waals surface area contributed by atoms with Gasteiger partial charge in [0.15, 0.2) is 15.6 Å². The third-order valence-electron chi connectivity index (χ3n) is 4.14. The first-order valence-electron chi connectivity index (χ1n) is 7.89. The molecule has 1 fully saturated rings. The first-order valence-corrected chi connectivity index (χ1v) is 9.44. The number of hydrogen-bond donors (Lipinski definition) is 1. The molecular weight excluding hydrogens is 358 g/mol. The van der Waals surface area contributed by atoms with Gasteiger partial charge < -0.3 is 9.84 Å². The molecule has 2 aromatic rings. The zero-order chi connectivity index (χ0) is 18.7. The van der Waals surface area contributed by atoms with Gasteiger partial charge in [0.2, 0.25) is 0 Å². The Morgan fingerprint density at radius 3 is 2.35 bits per heavy atom. The van der Waals surface area contributed by atoms with Gasteiger partial charge in [-0.25, -0.2) is 13.2 Å². The summed E-state index contributed by atoms with van der Waals surface area (Å²) in [6.07, 6.45) is -1.30. The molecule has 0 bridgehead atoms. The average Bonchev–Trinajstić information content (AvgIpc) is 3.04. The fraction of sp³-hybridized carbons (Fsp3) is 0.222. The number of rotatable bonds is 5. The fourth-order valence-corrected chi connectivity index (χ4v) is 4.34. The standard InChI is InChI=1S/C18H17NO6S/c20-16-10-19(18(21)22)11-17(16)26(23,24)15-8-6-14(7-9-15)25-12-13-4-2-1-3-5-13/h1-9,17H,10-12H2,(H,21,22). The number of benzene rings is 2. The van der Waals surface area contributed by atoms with Gasteiger partial charge in [0.05, 0.1) is 11.4 Å². The largest absolute Gasteiger partial charge is 0.489 e. The third kappa shape index (κ3) is 3.70. The summed E-state index contributed by atoms with van der Waals surface area (Å²) in [7, 11) is -3.95. The lowest BCUT2D eigenvalue weighted by atomic mass is 10.2. The second kappa shape index (κ2) is 7.17. The Bertz CT molecular complexity index is 908. The van der Waals surface area contributed by atoms with E-state index in [2.05, 4.69) is 0 Å². The molecule has 1 heterocycles. The molecule has 0 spiro atoms. The van der Waals surface area contributed by atoms with E-state index in [9.17, 15) is 18.0 Å². The summed E-state index contributed by atoms with van der Waals surface area (Å²) >= 11 is 0. The van der Waals surface area contributed by atoms with Crippen LogP contribution in [0.15, 0.2) is 59.5 Å². The van der Waals surface area contributed by atoms with Gasteiger partial charge >= 0.3 is 6.09 Å². The van der Waals surface area contributed by atoms with Crippen LogP contribution >= 0.6 is 0 Å². The van der Waals surface area contributed by atoms with Crippen LogP contribution in [-0.4, -0.2) is 48.6 Å². The summed E-state index contributed by atoms with van der Waals surface area (Å²) in [5, 5.41) is 7.57. The lowest BCUT2D eigenvalue weighted by molar-refractivity contribution is -0.116. The second-order valence-corrected chi connectivity index (χ2v) is 8.04. The van der Waals surface area contributed by atoms with Gasteiger partial charge in [-0.1, -0.05) is 30.3 Å². The molecule has 3 rings (SSSR count). The van der Waals surface area contributed by atoms with Crippen molar-refractivity contribution in [1.82, 2.24) is 4.90 Å². The van der Waals surface area contributed by atoms with Crippen molar-refractivity contribution in [3.63, 3.8) is 0 Å². The van der Waals surface area contributed by atoms with Crippen LogP contribution in [0.5, 0.6) is 5.75 Å². The van der Waals surface area contributed by atoms with Crippen molar-refractivity contribution in [3.05, 3.63) is 60.2 Å². The zero-order valence-corrected chi connectivity index (χ0v) is 14.6. The van der Waals surface area contributed by atoms with E-state index in [1.807, 2.05) is 30.3 Å². The molecule has 7 nitrogen and oxygen atoms in total. The van der Waals surface area contributed by atoms with Crippen LogP contribution in [0.25, 0.3) is 0 Å². The molecule has 1 atom stereocenters. The fourth-order valence-electron chi connectivity index (χ4n) is 2.70. The molecule has 1 aliphatic heterocycles. The van der Waals surface area contributed by atoms with E-state index in [-0.39, 0.29) is 11.4 Å². The first kappa shape index (κ1) is 17.9. The van der Waals surface area contributed by atoms with E-state index in [1.54, 1.807) is 0 Å². The van der Waals surface area contributed by atoms with E-state index in [0.717, 1.165) is 10.5 Å². The van der Waals surface area contributed by atoms with Crippen molar-refractivity contribution in [2.75, 3.05) is 13.1 Å². The summed E-state index contributed by atoms with van der Waals surface area (Å²) in [6.45, 7) is -0.401. The predicted molar refractivity (Wildman–Crippen MR) is 92.8 cm³/mol. The molecule has 1 unspecified atom stereocenters. The van der Waals surface area contributed by atoms with E-state index in [1.165, 1.54) is 24.3 Å². The summed E-state index contributed by atoms with van der Waals surface area (Å²) in [5.41, 5.74) is 0.981. The van der Waals surface area contributed by atoms with Gasteiger partial charge in [-0.05, 0) is 29.8 Å². The Labute approximate surface area is 150 Å². The number of carboxylic acid groups (broad SMARTS) is 1. The number of nitrogens with zero attached hydrogens (tertiary/aromatic N) is 1. The van der Waals surface area contributed by atoms with E-state index < -0.39 is 33.5 Å². The van der Waals surface area contributed by atoms with Crippen LogP contribution in [0.3, 0.4) is 0 Å². The highest BCUT2D eigenvalue weighted by atomic mass is 32.2. The van der Waals surface area contributed by atoms with Crippen LogP contribution in [0, 0.1) is 0 Å². The van der Waals surface area contributed by atoms with Crippen LogP contribution in [-0.2, 0) is 21.2 Å². The smallest absolute Gasteiger partial charge is 0.407 e. The number of Topliss-reactive ketones (excluding diaryl/α,β-unsaturated/α-hetero) is 1. The van der Waals surface area contributed by atoms with Crippen LogP contribution < -0.4 is 4.74 Å². The van der Waals surface area contributed by atoms with Crippen LogP contribution in [0.1, 0.15) is 5.56 Å². The Kier molecular flexibility index (Phi) is 4.94. The molecule has 0 aliphatic carbocycles. The number of amides is 1. The highest BCUT2D eigenvalue weighted by Gasteiger charge is 2.42. The quantitative estimate of drug-likeness (QED) is 0.857. The number of likely N-dealkylation sites (tertiary alicyclic amines) is 1. The van der Waals surface area contributed by atoms with E-state index in [4.69, 9.17) is 9.84 Å². The number of hydrogen-bond acceptors (Lipinski definition) is 5. The number of carbonyl (C=O) groups is 2. The average molecular weight is 375 g/mol. The molecule has 0 aromatic heterocycles. The molecule has 2 aromatic carbocycles. The molecule has 136 valence electrons. The molecule has 0 saturated carbocycles. The van der Waals surface area contributed by atoms with Crippen molar-refractivity contribution in [2.24, 2.45) is 0 Å². The Hall–Kier alpha value is -2.87.